The standard InChI is InChI=1S/C9H14N2O2S/c1-4-5-11(2)9-10-6-7(14-9)8(12)13-3/h6H,4-5H2,1-3H3. The molecule has 0 unspecified atom stereocenters. The lowest BCUT2D eigenvalue weighted by molar-refractivity contribution is 0.0606. The van der Waals surface area contributed by atoms with Gasteiger partial charge < -0.3 is 9.64 Å². The predicted octanol–water partition coefficient (Wildman–Crippen LogP) is 1.78. The van der Waals surface area contributed by atoms with Crippen molar-refractivity contribution in [3.05, 3.63) is 11.1 Å². The van der Waals surface area contributed by atoms with Crippen LogP contribution in [-0.4, -0.2) is 31.7 Å². The van der Waals surface area contributed by atoms with Crippen molar-refractivity contribution in [3.8, 4) is 0 Å². The molecule has 0 aromatic carbocycles. The number of nitrogens with zero attached hydrogens (tertiary/aromatic N) is 2. The zero-order chi connectivity index (χ0) is 10.6. The molecule has 1 aromatic heterocycles. The second-order valence-corrected chi connectivity index (χ2v) is 3.93. The van der Waals surface area contributed by atoms with E-state index in [-0.39, 0.29) is 5.97 Å². The first-order valence-electron chi connectivity index (χ1n) is 4.44. The summed E-state index contributed by atoms with van der Waals surface area (Å²) in [5.41, 5.74) is 0. The largest absolute Gasteiger partial charge is 0.465 e. The second kappa shape index (κ2) is 4.95. The molecule has 0 spiro atoms. The molecular formula is C9H14N2O2S. The first-order valence-corrected chi connectivity index (χ1v) is 5.26. The number of esters is 1. The van der Waals surface area contributed by atoms with E-state index in [1.54, 1.807) is 6.20 Å². The Balaban J connectivity index is 2.72. The summed E-state index contributed by atoms with van der Waals surface area (Å²) in [7, 11) is 3.33. The third-order valence-corrected chi connectivity index (χ3v) is 2.86. The molecule has 1 rings (SSSR count). The van der Waals surface area contributed by atoms with Crippen molar-refractivity contribution in [1.82, 2.24) is 4.98 Å². The summed E-state index contributed by atoms with van der Waals surface area (Å²) < 4.78 is 4.60. The summed E-state index contributed by atoms with van der Waals surface area (Å²) in [6, 6.07) is 0. The van der Waals surface area contributed by atoms with Crippen LogP contribution in [0.5, 0.6) is 0 Å². The van der Waals surface area contributed by atoms with Crippen LogP contribution in [0.3, 0.4) is 0 Å². The van der Waals surface area contributed by atoms with E-state index in [4.69, 9.17) is 0 Å². The van der Waals surface area contributed by atoms with E-state index in [0.29, 0.717) is 4.88 Å². The average Bonchev–Trinajstić information content (AvgIpc) is 2.66. The molecule has 1 heterocycles. The highest BCUT2D eigenvalue weighted by atomic mass is 32.1. The summed E-state index contributed by atoms with van der Waals surface area (Å²) in [4.78, 5) is 17.9. The molecule has 0 aliphatic rings. The van der Waals surface area contributed by atoms with Crippen LogP contribution < -0.4 is 4.90 Å². The van der Waals surface area contributed by atoms with Gasteiger partial charge in [-0.2, -0.15) is 0 Å². The van der Waals surface area contributed by atoms with Crippen LogP contribution in [-0.2, 0) is 4.74 Å². The average molecular weight is 214 g/mol. The molecule has 0 aliphatic heterocycles. The normalized spacial score (nSPS) is 9.93. The number of ether oxygens (including phenoxy) is 1. The van der Waals surface area contributed by atoms with Crippen molar-refractivity contribution < 1.29 is 9.53 Å². The fourth-order valence-corrected chi connectivity index (χ4v) is 1.89. The van der Waals surface area contributed by atoms with Gasteiger partial charge in [0.1, 0.15) is 4.88 Å². The molecule has 0 bridgehead atoms. The first-order chi connectivity index (χ1) is 6.69. The van der Waals surface area contributed by atoms with Gasteiger partial charge >= 0.3 is 5.97 Å². The number of aromatic nitrogens is 1. The maximum Gasteiger partial charge on any atom is 0.349 e. The van der Waals surface area contributed by atoms with Crippen LogP contribution in [0.15, 0.2) is 6.20 Å². The topological polar surface area (TPSA) is 42.4 Å². The zero-order valence-corrected chi connectivity index (χ0v) is 9.43. The zero-order valence-electron chi connectivity index (χ0n) is 8.61. The number of hydrogen-bond donors (Lipinski definition) is 0. The van der Waals surface area contributed by atoms with Crippen molar-refractivity contribution in [2.45, 2.75) is 13.3 Å². The van der Waals surface area contributed by atoms with Crippen LogP contribution in [0, 0.1) is 0 Å². The molecule has 5 heteroatoms. The molecule has 78 valence electrons. The van der Waals surface area contributed by atoms with Crippen LogP contribution >= 0.6 is 11.3 Å². The monoisotopic (exact) mass is 214 g/mol. The van der Waals surface area contributed by atoms with E-state index in [9.17, 15) is 4.79 Å². The minimum atomic E-state index is -0.321. The van der Waals surface area contributed by atoms with Gasteiger partial charge in [-0.15, -0.1) is 0 Å². The Morgan fingerprint density at radius 1 is 1.71 bits per heavy atom. The van der Waals surface area contributed by atoms with E-state index < -0.39 is 0 Å². The van der Waals surface area contributed by atoms with E-state index in [1.165, 1.54) is 18.4 Å². The lowest BCUT2D eigenvalue weighted by atomic mass is 10.5. The van der Waals surface area contributed by atoms with Gasteiger partial charge in [-0.1, -0.05) is 18.3 Å². The van der Waals surface area contributed by atoms with Crippen molar-refractivity contribution in [1.29, 1.82) is 0 Å². The third kappa shape index (κ3) is 2.45. The molecule has 4 nitrogen and oxygen atoms in total. The van der Waals surface area contributed by atoms with Gasteiger partial charge in [-0.25, -0.2) is 9.78 Å². The van der Waals surface area contributed by atoms with Crippen molar-refractivity contribution in [2.75, 3.05) is 25.6 Å². The van der Waals surface area contributed by atoms with Gasteiger partial charge in [0.2, 0.25) is 0 Å². The fraction of sp³-hybridized carbons (Fsp3) is 0.556. The van der Waals surface area contributed by atoms with E-state index >= 15 is 0 Å². The summed E-state index contributed by atoms with van der Waals surface area (Å²) in [6.07, 6.45) is 2.61. The summed E-state index contributed by atoms with van der Waals surface area (Å²) >= 11 is 1.35. The van der Waals surface area contributed by atoms with Crippen LogP contribution in [0.1, 0.15) is 23.0 Å². The maximum absolute atomic E-state index is 11.1. The molecular weight excluding hydrogens is 200 g/mol. The number of rotatable bonds is 4. The quantitative estimate of drug-likeness (QED) is 0.716. The van der Waals surface area contributed by atoms with Crippen LogP contribution in [0.25, 0.3) is 0 Å². The molecule has 0 fully saturated rings. The number of carbonyl (C=O) groups excluding carboxylic acids is 1. The Morgan fingerprint density at radius 2 is 2.43 bits per heavy atom. The molecule has 0 atom stereocenters. The Bertz CT molecular complexity index is 312. The summed E-state index contributed by atoms with van der Waals surface area (Å²) in [5.74, 6) is -0.321. The highest BCUT2D eigenvalue weighted by Gasteiger charge is 2.12. The van der Waals surface area contributed by atoms with Crippen molar-refractivity contribution >= 4 is 22.4 Å². The minimum absolute atomic E-state index is 0.321. The Labute approximate surface area is 87.5 Å². The number of methoxy groups -OCH3 is 1. The van der Waals surface area contributed by atoms with Gasteiger partial charge in [0.25, 0.3) is 0 Å². The Morgan fingerprint density at radius 3 is 3.00 bits per heavy atom. The molecule has 0 saturated heterocycles. The van der Waals surface area contributed by atoms with Crippen LogP contribution in [0.2, 0.25) is 0 Å². The van der Waals surface area contributed by atoms with E-state index in [2.05, 4.69) is 16.6 Å². The Kier molecular flexibility index (Phi) is 3.88. The van der Waals surface area contributed by atoms with Gasteiger partial charge in [0, 0.05) is 13.6 Å². The number of anilines is 1. The number of hydrogen-bond acceptors (Lipinski definition) is 5. The van der Waals surface area contributed by atoms with Crippen molar-refractivity contribution in [3.63, 3.8) is 0 Å². The smallest absolute Gasteiger partial charge is 0.349 e. The minimum Gasteiger partial charge on any atom is -0.465 e. The van der Waals surface area contributed by atoms with Crippen LogP contribution in [0.4, 0.5) is 5.13 Å². The fourth-order valence-electron chi connectivity index (χ4n) is 1.07. The SMILES string of the molecule is CCCN(C)c1ncc(C(=O)OC)s1. The second-order valence-electron chi connectivity index (χ2n) is 2.92. The molecule has 0 aliphatic carbocycles. The highest BCUT2D eigenvalue weighted by Crippen LogP contribution is 2.21. The van der Waals surface area contributed by atoms with Gasteiger partial charge in [-0.05, 0) is 6.42 Å². The molecule has 0 saturated carbocycles. The Hall–Kier alpha value is -1.10. The lowest BCUT2D eigenvalue weighted by Gasteiger charge is -2.13. The summed E-state index contributed by atoms with van der Waals surface area (Å²) in [6.45, 7) is 3.04. The van der Waals surface area contributed by atoms with Gasteiger partial charge in [0.05, 0.1) is 13.3 Å². The molecule has 0 N–H and O–H groups in total. The third-order valence-electron chi connectivity index (χ3n) is 1.77. The first kappa shape index (κ1) is 11.0. The number of thiazole rings is 1. The highest BCUT2D eigenvalue weighted by molar-refractivity contribution is 7.17. The van der Waals surface area contributed by atoms with Gasteiger partial charge in [-0.3, -0.25) is 0 Å². The maximum atomic E-state index is 11.1. The lowest BCUT2D eigenvalue weighted by Crippen LogP contribution is -2.17. The molecule has 1 aromatic rings. The molecule has 0 amide bonds. The van der Waals surface area contributed by atoms with Gasteiger partial charge in [0.15, 0.2) is 5.13 Å². The van der Waals surface area contributed by atoms with E-state index in [0.717, 1.165) is 18.1 Å². The predicted molar refractivity (Wildman–Crippen MR) is 57.0 cm³/mol. The molecule has 0 radical (unpaired) electrons. The van der Waals surface area contributed by atoms with E-state index in [1.807, 2.05) is 11.9 Å². The summed E-state index contributed by atoms with van der Waals surface area (Å²) in [5, 5.41) is 0.854. The number of carbonyl (C=O) groups is 1. The van der Waals surface area contributed by atoms with Crippen molar-refractivity contribution in [2.24, 2.45) is 0 Å². The molecule has 14 heavy (non-hydrogen) atoms.